The second kappa shape index (κ2) is 11.6. The van der Waals surface area contributed by atoms with E-state index in [1.165, 1.54) is 12.1 Å². The van der Waals surface area contributed by atoms with Crippen LogP contribution in [0.15, 0.2) is 60.0 Å². The van der Waals surface area contributed by atoms with Crippen LogP contribution in [0.3, 0.4) is 0 Å². The minimum absolute atomic E-state index is 0.0216. The monoisotopic (exact) mass is 494 g/mol. The van der Waals surface area contributed by atoms with Gasteiger partial charge in [0.15, 0.2) is 0 Å². The van der Waals surface area contributed by atoms with Gasteiger partial charge in [-0.3, -0.25) is 19.8 Å². The number of benzene rings is 2. The highest BCUT2D eigenvalue weighted by molar-refractivity contribution is 7.10. The first-order valence-electron chi connectivity index (χ1n) is 11.8. The predicted molar refractivity (Wildman–Crippen MR) is 138 cm³/mol. The summed E-state index contributed by atoms with van der Waals surface area (Å²) >= 11 is 1.60. The van der Waals surface area contributed by atoms with E-state index in [-0.39, 0.29) is 30.2 Å². The maximum Gasteiger partial charge on any atom is 0.238 e. The van der Waals surface area contributed by atoms with Gasteiger partial charge in [0.05, 0.1) is 19.1 Å². The van der Waals surface area contributed by atoms with Crippen molar-refractivity contribution in [2.24, 2.45) is 0 Å². The number of para-hydroxylation sites is 1. The van der Waals surface area contributed by atoms with Gasteiger partial charge in [0.25, 0.3) is 0 Å². The Hall–Kier alpha value is -3.07. The average molecular weight is 495 g/mol. The third-order valence-corrected chi connectivity index (χ3v) is 7.26. The molecule has 35 heavy (non-hydrogen) atoms. The van der Waals surface area contributed by atoms with E-state index < -0.39 is 0 Å². The van der Waals surface area contributed by atoms with Crippen molar-refractivity contribution >= 4 is 28.8 Å². The molecule has 2 heterocycles. The summed E-state index contributed by atoms with van der Waals surface area (Å²) in [5.74, 6) is -0.300. The zero-order chi connectivity index (χ0) is 24.8. The molecule has 1 fully saturated rings. The number of nitrogens with one attached hydrogen (secondary N) is 2. The highest BCUT2D eigenvalue weighted by Gasteiger charge is 2.24. The summed E-state index contributed by atoms with van der Waals surface area (Å²) in [5, 5.41) is 8.38. The van der Waals surface area contributed by atoms with E-state index in [0.717, 1.165) is 27.3 Å². The van der Waals surface area contributed by atoms with Gasteiger partial charge in [-0.05, 0) is 54.1 Å². The Morgan fingerprint density at radius 2 is 1.66 bits per heavy atom. The minimum atomic E-state index is -0.282. The topological polar surface area (TPSA) is 64.7 Å². The van der Waals surface area contributed by atoms with Gasteiger partial charge in [-0.1, -0.05) is 36.4 Å². The summed E-state index contributed by atoms with van der Waals surface area (Å²) in [6.07, 6.45) is 0. The van der Waals surface area contributed by atoms with Crippen molar-refractivity contribution in [2.75, 3.05) is 44.6 Å². The van der Waals surface area contributed by atoms with Gasteiger partial charge in [-0.15, -0.1) is 11.3 Å². The largest absolute Gasteiger partial charge is 0.339 e. The first kappa shape index (κ1) is 25.0. The number of carbonyl (C=O) groups excluding carboxylic acids is 2. The van der Waals surface area contributed by atoms with Crippen molar-refractivity contribution < 1.29 is 14.0 Å². The standard InChI is InChI=1S/C27H31FN4O2S/c1-19-5-3-6-20(2)26(19)30-24(33)18-31-12-14-32(15-13-31)25(34)17-29-27(23-7-4-16-35-23)21-8-10-22(28)11-9-21/h3-11,16,27,29H,12-15,17-18H2,1-2H3,(H,30,33)/t27-/m1/s1. The fraction of sp³-hybridized carbons (Fsp3) is 0.333. The fourth-order valence-corrected chi connectivity index (χ4v) is 5.17. The van der Waals surface area contributed by atoms with Crippen LogP contribution >= 0.6 is 11.3 Å². The van der Waals surface area contributed by atoms with E-state index in [9.17, 15) is 14.0 Å². The number of carbonyl (C=O) groups is 2. The molecule has 4 rings (SSSR count). The van der Waals surface area contributed by atoms with Gasteiger partial charge in [-0.25, -0.2) is 4.39 Å². The molecule has 2 aromatic carbocycles. The SMILES string of the molecule is Cc1cccc(C)c1NC(=O)CN1CCN(C(=O)CN[C@H](c2ccc(F)cc2)c2cccs2)CC1. The molecule has 0 saturated carbocycles. The first-order chi connectivity index (χ1) is 16.9. The van der Waals surface area contributed by atoms with Crippen LogP contribution in [0, 0.1) is 19.7 Å². The highest BCUT2D eigenvalue weighted by Crippen LogP contribution is 2.26. The molecular formula is C27H31FN4O2S. The van der Waals surface area contributed by atoms with Gasteiger partial charge < -0.3 is 10.2 Å². The van der Waals surface area contributed by atoms with Crippen molar-refractivity contribution in [1.29, 1.82) is 0 Å². The van der Waals surface area contributed by atoms with E-state index in [0.29, 0.717) is 32.7 Å². The number of piperazine rings is 1. The molecule has 0 aliphatic carbocycles. The number of amides is 2. The van der Waals surface area contributed by atoms with Crippen molar-refractivity contribution in [3.05, 3.63) is 87.4 Å². The number of halogens is 1. The Kier molecular flexibility index (Phi) is 8.28. The molecule has 1 aliphatic heterocycles. The summed E-state index contributed by atoms with van der Waals surface area (Å²) in [7, 11) is 0. The van der Waals surface area contributed by atoms with Gasteiger partial charge in [0, 0.05) is 36.7 Å². The molecule has 6 nitrogen and oxygen atoms in total. The molecule has 1 saturated heterocycles. The van der Waals surface area contributed by atoms with Crippen molar-refractivity contribution in [2.45, 2.75) is 19.9 Å². The van der Waals surface area contributed by atoms with E-state index in [1.807, 2.05) is 54.5 Å². The summed E-state index contributed by atoms with van der Waals surface area (Å²) in [4.78, 5) is 30.5. The van der Waals surface area contributed by atoms with Crippen LogP contribution in [0.25, 0.3) is 0 Å². The number of hydrogen-bond donors (Lipinski definition) is 2. The third kappa shape index (κ3) is 6.54. The molecule has 8 heteroatoms. The van der Waals surface area contributed by atoms with E-state index in [1.54, 1.807) is 23.5 Å². The molecule has 1 atom stereocenters. The maximum absolute atomic E-state index is 13.4. The van der Waals surface area contributed by atoms with Crippen LogP contribution in [0.1, 0.15) is 27.6 Å². The molecule has 0 unspecified atom stereocenters. The summed E-state index contributed by atoms with van der Waals surface area (Å²) in [6, 6.07) is 16.1. The van der Waals surface area contributed by atoms with Crippen molar-refractivity contribution in [3.63, 3.8) is 0 Å². The number of thiophene rings is 1. The Morgan fingerprint density at radius 1 is 0.971 bits per heavy atom. The molecule has 3 aromatic rings. The maximum atomic E-state index is 13.4. The van der Waals surface area contributed by atoms with Crippen molar-refractivity contribution in [3.8, 4) is 0 Å². The zero-order valence-electron chi connectivity index (χ0n) is 20.1. The van der Waals surface area contributed by atoms with E-state index in [4.69, 9.17) is 0 Å². The normalized spacial score (nSPS) is 15.1. The quantitative estimate of drug-likeness (QED) is 0.498. The Bertz CT molecular complexity index is 1120. The zero-order valence-corrected chi connectivity index (χ0v) is 20.9. The summed E-state index contributed by atoms with van der Waals surface area (Å²) in [5.41, 5.74) is 3.88. The Labute approximate surface area is 209 Å². The number of rotatable bonds is 8. The van der Waals surface area contributed by atoms with Gasteiger partial charge in [0.2, 0.25) is 11.8 Å². The molecule has 0 radical (unpaired) electrons. The first-order valence-corrected chi connectivity index (χ1v) is 12.7. The Morgan fingerprint density at radius 3 is 2.29 bits per heavy atom. The molecular weight excluding hydrogens is 463 g/mol. The van der Waals surface area contributed by atoms with Crippen molar-refractivity contribution in [1.82, 2.24) is 15.1 Å². The van der Waals surface area contributed by atoms with E-state index >= 15 is 0 Å². The lowest BCUT2D eigenvalue weighted by Crippen LogP contribution is -2.52. The summed E-state index contributed by atoms with van der Waals surface area (Å²) < 4.78 is 13.4. The van der Waals surface area contributed by atoms with Crippen LogP contribution in [0.4, 0.5) is 10.1 Å². The molecule has 0 spiro atoms. The van der Waals surface area contributed by atoms with Crippen LogP contribution in [-0.4, -0.2) is 60.9 Å². The average Bonchev–Trinajstić information content (AvgIpc) is 3.38. The molecule has 1 aliphatic rings. The predicted octanol–water partition coefficient (Wildman–Crippen LogP) is 3.97. The number of anilines is 1. The number of aryl methyl sites for hydroxylation is 2. The second-order valence-corrected chi connectivity index (χ2v) is 9.83. The minimum Gasteiger partial charge on any atom is -0.339 e. The smallest absolute Gasteiger partial charge is 0.238 e. The Balaban J connectivity index is 1.27. The molecule has 2 N–H and O–H groups in total. The molecule has 1 aromatic heterocycles. The lowest BCUT2D eigenvalue weighted by Gasteiger charge is -2.34. The highest BCUT2D eigenvalue weighted by atomic mass is 32.1. The number of nitrogens with zero attached hydrogens (tertiary/aromatic N) is 2. The van der Waals surface area contributed by atoms with Gasteiger partial charge in [0.1, 0.15) is 5.82 Å². The van der Waals surface area contributed by atoms with Gasteiger partial charge in [-0.2, -0.15) is 0 Å². The van der Waals surface area contributed by atoms with Crippen LogP contribution in [0.5, 0.6) is 0 Å². The lowest BCUT2D eigenvalue weighted by molar-refractivity contribution is -0.132. The third-order valence-electron chi connectivity index (χ3n) is 6.33. The molecule has 2 amide bonds. The molecule has 184 valence electrons. The van der Waals surface area contributed by atoms with Crippen LogP contribution in [0.2, 0.25) is 0 Å². The van der Waals surface area contributed by atoms with Crippen LogP contribution in [-0.2, 0) is 9.59 Å². The van der Waals surface area contributed by atoms with Crippen LogP contribution < -0.4 is 10.6 Å². The lowest BCUT2D eigenvalue weighted by atomic mass is 10.1. The van der Waals surface area contributed by atoms with Gasteiger partial charge >= 0.3 is 0 Å². The molecule has 0 bridgehead atoms. The summed E-state index contributed by atoms with van der Waals surface area (Å²) in [6.45, 7) is 6.93. The second-order valence-electron chi connectivity index (χ2n) is 8.85. The van der Waals surface area contributed by atoms with E-state index in [2.05, 4.69) is 15.5 Å². The number of hydrogen-bond acceptors (Lipinski definition) is 5. The fourth-order valence-electron chi connectivity index (χ4n) is 4.34.